The van der Waals surface area contributed by atoms with Gasteiger partial charge in [0.15, 0.2) is 0 Å². The molecule has 1 aliphatic heterocycles. The van der Waals surface area contributed by atoms with E-state index in [4.69, 9.17) is 0 Å². The number of benzene rings is 3. The molecule has 0 spiro atoms. The Kier molecular flexibility index (Phi) is 11.2. The quantitative estimate of drug-likeness (QED) is 0.197. The highest BCUT2D eigenvalue weighted by molar-refractivity contribution is 5.81. The van der Waals surface area contributed by atoms with Crippen molar-refractivity contribution in [3.05, 3.63) is 107 Å². The second-order valence-electron chi connectivity index (χ2n) is 12.3. The third-order valence-corrected chi connectivity index (χ3v) is 9.10. The number of hydrogen-bond donors (Lipinski definition) is 2. The maximum Gasteiger partial charge on any atom is 0.313 e. The van der Waals surface area contributed by atoms with Crippen LogP contribution >= 0.6 is 0 Å². The van der Waals surface area contributed by atoms with Gasteiger partial charge in [0.05, 0.1) is 11.5 Å². The fourth-order valence-electron chi connectivity index (χ4n) is 6.72. The van der Waals surface area contributed by atoms with Crippen LogP contribution in [0.5, 0.6) is 0 Å². The molecule has 0 saturated carbocycles. The molecule has 41 heavy (non-hydrogen) atoms. The summed E-state index contributed by atoms with van der Waals surface area (Å²) in [5.74, 6) is -0.508. The van der Waals surface area contributed by atoms with Gasteiger partial charge >= 0.3 is 5.97 Å². The van der Waals surface area contributed by atoms with Crippen molar-refractivity contribution in [1.29, 1.82) is 0 Å². The summed E-state index contributed by atoms with van der Waals surface area (Å²) in [5, 5.41) is 21.5. The fourth-order valence-corrected chi connectivity index (χ4v) is 6.72. The van der Waals surface area contributed by atoms with Crippen LogP contribution in [0.3, 0.4) is 0 Å². The summed E-state index contributed by atoms with van der Waals surface area (Å²) in [4.78, 5) is 14.8. The summed E-state index contributed by atoms with van der Waals surface area (Å²) in [5.41, 5.74) is 4.51. The molecule has 3 aromatic rings. The fraction of sp³-hybridized carbons (Fsp3) is 0.486. The zero-order chi connectivity index (χ0) is 29.2. The van der Waals surface area contributed by atoms with E-state index < -0.39 is 17.5 Å². The van der Waals surface area contributed by atoms with Crippen LogP contribution in [0.4, 0.5) is 0 Å². The Morgan fingerprint density at radius 1 is 0.902 bits per heavy atom. The minimum Gasteiger partial charge on any atom is -0.481 e. The van der Waals surface area contributed by atoms with Crippen molar-refractivity contribution in [2.45, 2.75) is 102 Å². The van der Waals surface area contributed by atoms with Crippen LogP contribution in [-0.4, -0.2) is 40.2 Å². The predicted molar refractivity (Wildman–Crippen MR) is 168 cm³/mol. The number of aliphatic hydroxyl groups excluding tert-OH is 1. The number of aliphatic hydroxyl groups is 1. The van der Waals surface area contributed by atoms with Crippen LogP contribution in [0.2, 0.25) is 0 Å². The van der Waals surface area contributed by atoms with Gasteiger partial charge in [-0.05, 0) is 93.3 Å². The molecule has 1 aliphatic rings. The first kappa shape index (κ1) is 31.0. The molecule has 4 heteroatoms. The van der Waals surface area contributed by atoms with Crippen LogP contribution in [0.25, 0.3) is 0 Å². The minimum absolute atomic E-state index is 0.322. The van der Waals surface area contributed by atoms with Crippen molar-refractivity contribution in [3.63, 3.8) is 0 Å². The largest absolute Gasteiger partial charge is 0.481 e. The number of carboxylic acids is 1. The summed E-state index contributed by atoms with van der Waals surface area (Å²) in [7, 11) is 0. The average Bonchev–Trinajstić information content (AvgIpc) is 2.99. The molecule has 2 N–H and O–H groups in total. The Hall–Kier alpha value is -2.95. The second kappa shape index (κ2) is 14.8. The van der Waals surface area contributed by atoms with Crippen LogP contribution in [0.1, 0.15) is 112 Å². The van der Waals surface area contributed by atoms with E-state index in [0.29, 0.717) is 18.4 Å². The second-order valence-corrected chi connectivity index (χ2v) is 12.3. The van der Waals surface area contributed by atoms with Crippen molar-refractivity contribution < 1.29 is 15.0 Å². The standard InChI is InChI=1S/C37H49NO3/c1-4-5-8-21-30-31(22-15-23-32(30)37(2,3)36(40)41)34(39)25-16-27-38-26-14-13-24-33(38)35(28-17-9-6-10-18-28)29-19-11-7-12-20-29/h6-7,9-12,15,17-20,22-23,33-35,39H,4-5,8,13-14,16,21,24-27H2,1-3H3,(H,40,41). The summed E-state index contributed by atoms with van der Waals surface area (Å²) < 4.78 is 0. The molecule has 2 unspecified atom stereocenters. The van der Waals surface area contributed by atoms with Gasteiger partial charge in [0, 0.05) is 12.0 Å². The van der Waals surface area contributed by atoms with Crippen molar-refractivity contribution in [2.24, 2.45) is 0 Å². The normalized spacial score (nSPS) is 17.0. The van der Waals surface area contributed by atoms with E-state index >= 15 is 0 Å². The number of hydrogen-bond acceptors (Lipinski definition) is 3. The zero-order valence-electron chi connectivity index (χ0n) is 25.3. The molecule has 1 fully saturated rings. The molecule has 4 rings (SSSR count). The molecule has 3 aromatic carbocycles. The third kappa shape index (κ3) is 7.67. The molecule has 1 saturated heterocycles. The zero-order valence-corrected chi connectivity index (χ0v) is 25.3. The molecule has 0 aromatic heterocycles. The lowest BCUT2D eigenvalue weighted by Crippen LogP contribution is -2.44. The Bertz CT molecular complexity index is 1180. The minimum atomic E-state index is -0.998. The van der Waals surface area contributed by atoms with Crippen molar-refractivity contribution >= 4 is 5.97 Å². The van der Waals surface area contributed by atoms with E-state index in [9.17, 15) is 15.0 Å². The number of likely N-dealkylation sites (tertiary alicyclic amines) is 1. The van der Waals surface area contributed by atoms with Crippen LogP contribution < -0.4 is 0 Å². The van der Waals surface area contributed by atoms with Gasteiger partial charge in [0.25, 0.3) is 0 Å². The van der Waals surface area contributed by atoms with Crippen molar-refractivity contribution in [3.8, 4) is 0 Å². The molecular weight excluding hydrogens is 506 g/mol. The first-order valence-electron chi connectivity index (χ1n) is 15.7. The van der Waals surface area contributed by atoms with Crippen LogP contribution in [0, 0.1) is 0 Å². The lowest BCUT2D eigenvalue weighted by atomic mass is 9.78. The molecule has 2 atom stereocenters. The molecule has 220 valence electrons. The van der Waals surface area contributed by atoms with Gasteiger partial charge in [0.2, 0.25) is 0 Å². The van der Waals surface area contributed by atoms with Gasteiger partial charge in [-0.15, -0.1) is 0 Å². The Labute approximate surface area is 247 Å². The number of unbranched alkanes of at least 4 members (excludes halogenated alkanes) is 2. The van der Waals surface area contributed by atoms with Crippen molar-refractivity contribution in [2.75, 3.05) is 13.1 Å². The maximum atomic E-state index is 12.2. The van der Waals surface area contributed by atoms with Crippen molar-refractivity contribution in [1.82, 2.24) is 4.90 Å². The first-order valence-corrected chi connectivity index (χ1v) is 15.7. The summed E-state index contributed by atoms with van der Waals surface area (Å²) in [6, 6.07) is 28.1. The number of carbonyl (C=O) groups is 1. The van der Waals surface area contributed by atoms with Crippen LogP contribution in [-0.2, 0) is 16.6 Å². The lowest BCUT2D eigenvalue weighted by molar-refractivity contribution is -0.142. The molecule has 0 aliphatic carbocycles. The van der Waals surface area contributed by atoms with Gasteiger partial charge in [-0.25, -0.2) is 0 Å². The SMILES string of the molecule is CCCCCc1c(C(O)CCCN2CCCCC2C(c2ccccc2)c2ccccc2)cccc1C(C)(C)C(=O)O. The van der Waals surface area contributed by atoms with E-state index in [1.807, 2.05) is 18.2 Å². The number of carboxylic acid groups (broad SMARTS) is 1. The number of aliphatic carboxylic acids is 1. The molecule has 4 nitrogen and oxygen atoms in total. The van der Waals surface area contributed by atoms with E-state index in [0.717, 1.165) is 61.9 Å². The average molecular weight is 556 g/mol. The monoisotopic (exact) mass is 555 g/mol. The highest BCUT2D eigenvalue weighted by Crippen LogP contribution is 2.37. The predicted octanol–water partition coefficient (Wildman–Crippen LogP) is 8.28. The molecule has 0 amide bonds. The van der Waals surface area contributed by atoms with Gasteiger partial charge in [-0.2, -0.15) is 0 Å². The number of nitrogens with zero attached hydrogens (tertiary/aromatic N) is 1. The maximum absolute atomic E-state index is 12.2. The van der Waals surface area contributed by atoms with Gasteiger partial charge in [-0.3, -0.25) is 9.69 Å². The van der Waals surface area contributed by atoms with Crippen LogP contribution in [0.15, 0.2) is 78.9 Å². The summed E-state index contributed by atoms with van der Waals surface area (Å²) in [6.45, 7) is 7.76. The molecular formula is C37H49NO3. The van der Waals surface area contributed by atoms with E-state index in [1.54, 1.807) is 13.8 Å². The first-order chi connectivity index (χ1) is 19.8. The highest BCUT2D eigenvalue weighted by Gasteiger charge is 2.34. The molecule has 0 radical (unpaired) electrons. The Morgan fingerprint density at radius 2 is 1.56 bits per heavy atom. The van der Waals surface area contributed by atoms with Gasteiger partial charge < -0.3 is 10.2 Å². The summed E-state index contributed by atoms with van der Waals surface area (Å²) >= 11 is 0. The van der Waals surface area contributed by atoms with E-state index in [1.165, 1.54) is 30.4 Å². The molecule has 1 heterocycles. The molecule has 0 bridgehead atoms. The Morgan fingerprint density at radius 3 is 2.17 bits per heavy atom. The highest BCUT2D eigenvalue weighted by atomic mass is 16.4. The van der Waals surface area contributed by atoms with Gasteiger partial charge in [-0.1, -0.05) is 105 Å². The van der Waals surface area contributed by atoms with E-state index in [2.05, 4.69) is 72.5 Å². The third-order valence-electron chi connectivity index (χ3n) is 9.10. The Balaban J connectivity index is 1.51. The number of rotatable bonds is 14. The smallest absolute Gasteiger partial charge is 0.313 e. The van der Waals surface area contributed by atoms with E-state index in [-0.39, 0.29) is 0 Å². The summed E-state index contributed by atoms with van der Waals surface area (Å²) in [6.07, 6.45) is 8.59. The lowest BCUT2D eigenvalue weighted by Gasteiger charge is -2.41. The topological polar surface area (TPSA) is 60.8 Å². The number of piperidine rings is 1. The van der Waals surface area contributed by atoms with Gasteiger partial charge in [0.1, 0.15) is 0 Å².